The minimum absolute atomic E-state index is 0.00880. The molecule has 2 aromatic heterocycles. The van der Waals surface area contributed by atoms with Crippen molar-refractivity contribution >= 4 is 34.8 Å². The number of fused-ring (bicyclic) bond motifs is 3. The average Bonchev–Trinajstić information content (AvgIpc) is 3.62. The maximum atomic E-state index is 13.9. The lowest BCUT2D eigenvalue weighted by molar-refractivity contribution is 0.0691. The second-order valence-corrected chi connectivity index (χ2v) is 12.2. The standard InChI is InChI=1S/C33H32N4O5S/c1-33(12-2-3-13-33)37-31(39)26-9-8-22(28(36-26)32(40)41)23-17-27-25(29-20(10-14-42-27)11-15-43-29)16-24(23)30(38)35-21-6-4-19(18-34)5-7-21/h4-9,11,15-17H,2-3,10,12-14,18,34H2,1H3,(H,35,38)(H,37,39)(H,40,41). The number of thiophene rings is 1. The van der Waals surface area contributed by atoms with Crippen LogP contribution in [0.5, 0.6) is 5.75 Å². The number of ether oxygens (including phenoxy) is 1. The minimum atomic E-state index is -1.31. The van der Waals surface area contributed by atoms with E-state index < -0.39 is 17.8 Å². The number of nitrogens with two attached hydrogens (primary N) is 1. The van der Waals surface area contributed by atoms with E-state index in [1.54, 1.807) is 41.7 Å². The van der Waals surface area contributed by atoms with Crippen LogP contribution in [0.1, 0.15) is 75.1 Å². The number of anilines is 1. The molecule has 2 amide bonds. The zero-order valence-corrected chi connectivity index (χ0v) is 24.6. The molecular formula is C33H32N4O5S. The summed E-state index contributed by atoms with van der Waals surface area (Å²) in [7, 11) is 0. The van der Waals surface area contributed by atoms with Gasteiger partial charge in [-0.05, 0) is 78.7 Å². The Morgan fingerprint density at radius 3 is 2.49 bits per heavy atom. The zero-order valence-electron chi connectivity index (χ0n) is 23.7. The SMILES string of the molecule is CC1(NC(=O)c2ccc(-c3cc4c(cc3C(=O)Nc3ccc(CN)cc3)-c3sccc3CCO4)c(C(=O)O)n2)CCCC1. The third kappa shape index (κ3) is 5.76. The molecule has 0 atom stereocenters. The summed E-state index contributed by atoms with van der Waals surface area (Å²) in [6.45, 7) is 2.81. The summed E-state index contributed by atoms with van der Waals surface area (Å²) in [5, 5.41) is 18.2. The van der Waals surface area contributed by atoms with E-state index in [1.165, 1.54) is 6.07 Å². The highest BCUT2D eigenvalue weighted by Gasteiger charge is 2.32. The van der Waals surface area contributed by atoms with Crippen molar-refractivity contribution in [2.45, 2.75) is 51.1 Å². The smallest absolute Gasteiger partial charge is 0.355 e. The van der Waals surface area contributed by atoms with Crippen LogP contribution < -0.4 is 21.1 Å². The number of carboxylic acids is 1. The Morgan fingerprint density at radius 2 is 1.77 bits per heavy atom. The highest BCUT2D eigenvalue weighted by molar-refractivity contribution is 7.13. The molecule has 0 radical (unpaired) electrons. The van der Waals surface area contributed by atoms with Gasteiger partial charge < -0.3 is 26.2 Å². The summed E-state index contributed by atoms with van der Waals surface area (Å²) in [6, 6.07) is 15.8. The van der Waals surface area contributed by atoms with Gasteiger partial charge in [0.25, 0.3) is 11.8 Å². The summed E-state index contributed by atoms with van der Waals surface area (Å²) >= 11 is 1.56. The molecule has 6 rings (SSSR count). The number of nitrogens with one attached hydrogen (secondary N) is 2. The van der Waals surface area contributed by atoms with E-state index in [0.29, 0.717) is 36.6 Å². The van der Waals surface area contributed by atoms with Gasteiger partial charge in [0.1, 0.15) is 11.4 Å². The van der Waals surface area contributed by atoms with Crippen LogP contribution in [0.4, 0.5) is 5.69 Å². The van der Waals surface area contributed by atoms with Gasteiger partial charge in [-0.2, -0.15) is 0 Å². The van der Waals surface area contributed by atoms with Gasteiger partial charge in [-0.3, -0.25) is 9.59 Å². The summed E-state index contributed by atoms with van der Waals surface area (Å²) < 4.78 is 6.11. The number of carbonyl (C=O) groups excluding carboxylic acids is 2. The fourth-order valence-corrected chi connectivity index (χ4v) is 6.81. The van der Waals surface area contributed by atoms with Gasteiger partial charge >= 0.3 is 5.97 Å². The summed E-state index contributed by atoms with van der Waals surface area (Å²) in [5.41, 5.74) is 9.26. The Kier molecular flexibility index (Phi) is 7.72. The Hall–Kier alpha value is -4.54. The molecule has 1 aliphatic heterocycles. The van der Waals surface area contributed by atoms with Gasteiger partial charge in [0.2, 0.25) is 0 Å². The minimum Gasteiger partial charge on any atom is -0.493 e. The van der Waals surface area contributed by atoms with Crippen LogP contribution in [0, 0.1) is 0 Å². The first-order valence-electron chi connectivity index (χ1n) is 14.3. The summed E-state index contributed by atoms with van der Waals surface area (Å²) in [6.07, 6.45) is 4.48. The normalized spacial score (nSPS) is 15.0. The van der Waals surface area contributed by atoms with E-state index in [0.717, 1.165) is 47.3 Å². The van der Waals surface area contributed by atoms with Crippen LogP contribution in [-0.2, 0) is 13.0 Å². The van der Waals surface area contributed by atoms with Crippen molar-refractivity contribution in [2.75, 3.05) is 11.9 Å². The Bertz CT molecular complexity index is 1720. The van der Waals surface area contributed by atoms with Gasteiger partial charge in [-0.25, -0.2) is 9.78 Å². The number of benzene rings is 2. The first-order chi connectivity index (χ1) is 20.7. The third-order valence-electron chi connectivity index (χ3n) is 8.18. The second kappa shape index (κ2) is 11.6. The molecule has 43 heavy (non-hydrogen) atoms. The molecular weight excluding hydrogens is 564 g/mol. The molecule has 3 heterocycles. The average molecular weight is 597 g/mol. The highest BCUT2D eigenvalue weighted by Crippen LogP contribution is 2.43. The number of hydrogen-bond donors (Lipinski definition) is 4. The Balaban J connectivity index is 1.45. The fourth-order valence-electron chi connectivity index (χ4n) is 5.83. The largest absolute Gasteiger partial charge is 0.493 e. The van der Waals surface area contributed by atoms with Crippen molar-refractivity contribution in [3.8, 4) is 27.3 Å². The molecule has 9 nitrogen and oxygen atoms in total. The zero-order chi connectivity index (χ0) is 30.1. The molecule has 4 aromatic rings. The van der Waals surface area contributed by atoms with Crippen molar-refractivity contribution in [3.63, 3.8) is 0 Å². The number of pyridine rings is 1. The number of nitrogens with zero attached hydrogens (tertiary/aromatic N) is 1. The van der Waals surface area contributed by atoms with Gasteiger partial charge in [0.05, 0.1) is 6.61 Å². The highest BCUT2D eigenvalue weighted by atomic mass is 32.1. The number of aromatic nitrogens is 1. The Morgan fingerprint density at radius 1 is 1.00 bits per heavy atom. The molecule has 220 valence electrons. The van der Waals surface area contributed by atoms with E-state index in [9.17, 15) is 19.5 Å². The van der Waals surface area contributed by atoms with Gasteiger partial charge in [-0.1, -0.05) is 25.0 Å². The van der Waals surface area contributed by atoms with E-state index in [-0.39, 0.29) is 28.1 Å². The van der Waals surface area contributed by atoms with Crippen molar-refractivity contribution < 1.29 is 24.2 Å². The lowest BCUT2D eigenvalue weighted by atomic mass is 9.93. The maximum Gasteiger partial charge on any atom is 0.355 e. The molecule has 2 aromatic carbocycles. The second-order valence-electron chi connectivity index (χ2n) is 11.2. The van der Waals surface area contributed by atoms with Crippen molar-refractivity contribution in [1.29, 1.82) is 0 Å². The lowest BCUT2D eigenvalue weighted by Crippen LogP contribution is -2.44. The predicted molar refractivity (Wildman–Crippen MR) is 166 cm³/mol. The first kappa shape index (κ1) is 28.6. The van der Waals surface area contributed by atoms with E-state index in [4.69, 9.17) is 10.5 Å². The molecule has 0 saturated heterocycles. The molecule has 1 saturated carbocycles. The van der Waals surface area contributed by atoms with Crippen LogP contribution in [-0.4, -0.2) is 40.0 Å². The first-order valence-corrected chi connectivity index (χ1v) is 15.2. The van der Waals surface area contributed by atoms with Crippen LogP contribution >= 0.6 is 11.3 Å². The third-order valence-corrected chi connectivity index (χ3v) is 9.17. The molecule has 1 aliphatic carbocycles. The number of aromatic carboxylic acids is 1. The van der Waals surface area contributed by atoms with Crippen LogP contribution in [0.3, 0.4) is 0 Å². The van der Waals surface area contributed by atoms with Crippen LogP contribution in [0.15, 0.2) is 60.0 Å². The molecule has 0 bridgehead atoms. The summed E-state index contributed by atoms with van der Waals surface area (Å²) in [5.74, 6) is -1.61. The molecule has 1 fully saturated rings. The van der Waals surface area contributed by atoms with Crippen molar-refractivity contribution in [3.05, 3.63) is 88.1 Å². The number of carbonyl (C=O) groups is 3. The number of hydrogen-bond acceptors (Lipinski definition) is 7. The predicted octanol–water partition coefficient (Wildman–Crippen LogP) is 5.88. The van der Waals surface area contributed by atoms with Gasteiger partial charge in [0.15, 0.2) is 5.69 Å². The molecule has 0 unspecified atom stereocenters. The van der Waals surface area contributed by atoms with Crippen molar-refractivity contribution in [1.82, 2.24) is 10.3 Å². The molecule has 0 spiro atoms. The van der Waals surface area contributed by atoms with E-state index in [1.807, 2.05) is 30.5 Å². The number of carboxylic acid groups (broad SMARTS) is 1. The number of amides is 2. The van der Waals surface area contributed by atoms with Crippen LogP contribution in [0.25, 0.3) is 21.6 Å². The monoisotopic (exact) mass is 596 g/mol. The van der Waals surface area contributed by atoms with Crippen molar-refractivity contribution in [2.24, 2.45) is 5.73 Å². The lowest BCUT2D eigenvalue weighted by Gasteiger charge is -2.25. The molecule has 2 aliphatic rings. The van der Waals surface area contributed by atoms with Gasteiger partial charge in [0, 0.05) is 51.3 Å². The summed E-state index contributed by atoms with van der Waals surface area (Å²) in [4.78, 5) is 44.8. The Labute approximate surface area is 253 Å². The van der Waals surface area contributed by atoms with E-state index in [2.05, 4.69) is 15.6 Å². The van der Waals surface area contributed by atoms with E-state index >= 15 is 0 Å². The van der Waals surface area contributed by atoms with Gasteiger partial charge in [-0.15, -0.1) is 11.3 Å². The van der Waals surface area contributed by atoms with Crippen LogP contribution in [0.2, 0.25) is 0 Å². The number of rotatable bonds is 7. The fraction of sp³-hybridized carbons (Fsp3) is 0.273. The maximum absolute atomic E-state index is 13.9. The molecule has 5 N–H and O–H groups in total. The topological polar surface area (TPSA) is 144 Å². The molecule has 10 heteroatoms. The quantitative estimate of drug-likeness (QED) is 0.208.